The fourth-order valence-electron chi connectivity index (χ4n) is 1.69. The zero-order valence-corrected chi connectivity index (χ0v) is 12.2. The van der Waals surface area contributed by atoms with E-state index in [9.17, 15) is 4.57 Å². The van der Waals surface area contributed by atoms with Gasteiger partial charge in [-0.3, -0.25) is 0 Å². The van der Waals surface area contributed by atoms with Crippen LogP contribution < -0.4 is 5.73 Å². The predicted molar refractivity (Wildman–Crippen MR) is 74.7 cm³/mol. The van der Waals surface area contributed by atoms with Crippen molar-refractivity contribution in [3.63, 3.8) is 0 Å². The Morgan fingerprint density at radius 3 is 2.12 bits per heavy atom. The lowest BCUT2D eigenvalue weighted by atomic mass is 10.1. The van der Waals surface area contributed by atoms with E-state index in [2.05, 4.69) is 6.92 Å². The zero-order valence-electron chi connectivity index (χ0n) is 11.3. The molecule has 0 spiro atoms. The topological polar surface area (TPSA) is 52.3 Å². The molecule has 1 atom stereocenters. The Morgan fingerprint density at radius 1 is 0.941 bits per heavy atom. The third-order valence-electron chi connectivity index (χ3n) is 2.78. The third-order valence-corrected chi connectivity index (χ3v) is 3.93. The van der Waals surface area contributed by atoms with Crippen molar-refractivity contribution in [1.29, 1.82) is 0 Å². The van der Waals surface area contributed by atoms with Crippen LogP contribution in [0.1, 0.15) is 64.7 Å². The Morgan fingerprint density at radius 2 is 1.53 bits per heavy atom. The first-order valence-corrected chi connectivity index (χ1v) is 8.45. The van der Waals surface area contributed by atoms with Crippen LogP contribution in [0.4, 0.5) is 0 Å². The second kappa shape index (κ2) is 14.1. The third kappa shape index (κ3) is 14.0. The molecule has 0 aromatic carbocycles. The number of hydrogen-bond acceptors (Lipinski definition) is 3. The molecule has 0 fully saturated rings. The van der Waals surface area contributed by atoms with Crippen LogP contribution in [0.2, 0.25) is 0 Å². The molecule has 0 aromatic heterocycles. The fraction of sp³-hybridized carbons (Fsp3) is 1.00. The van der Waals surface area contributed by atoms with Crippen molar-refractivity contribution in [3.05, 3.63) is 0 Å². The summed E-state index contributed by atoms with van der Waals surface area (Å²) >= 11 is 0. The summed E-state index contributed by atoms with van der Waals surface area (Å²) in [4.78, 5) is 0. The van der Waals surface area contributed by atoms with Gasteiger partial charge in [0.25, 0.3) is 0 Å². The van der Waals surface area contributed by atoms with Crippen molar-refractivity contribution in [2.24, 2.45) is 5.73 Å². The molecule has 0 radical (unpaired) electrons. The van der Waals surface area contributed by atoms with E-state index < -0.39 is 8.03 Å². The molecule has 17 heavy (non-hydrogen) atoms. The van der Waals surface area contributed by atoms with Gasteiger partial charge in [-0.2, -0.15) is 0 Å². The van der Waals surface area contributed by atoms with E-state index in [1.807, 2.05) is 0 Å². The van der Waals surface area contributed by atoms with Crippen molar-refractivity contribution in [3.8, 4) is 0 Å². The van der Waals surface area contributed by atoms with E-state index in [1.54, 1.807) is 0 Å². The van der Waals surface area contributed by atoms with Gasteiger partial charge in [0.05, 0.1) is 0 Å². The summed E-state index contributed by atoms with van der Waals surface area (Å²) in [5, 5.41) is 0. The number of rotatable bonds is 13. The average molecular weight is 262 g/mol. The Hall–Kier alpha value is 0.0200. The maximum atomic E-state index is 11.3. The highest BCUT2D eigenvalue weighted by molar-refractivity contribution is 7.39. The molecule has 0 aliphatic carbocycles. The first-order chi connectivity index (χ1) is 8.31. The SMILES string of the molecule is CCCCCCCCCCO[P+](=O)CCCN. The van der Waals surface area contributed by atoms with E-state index in [1.165, 1.54) is 44.9 Å². The molecule has 4 heteroatoms. The molecule has 0 heterocycles. The maximum Gasteiger partial charge on any atom is 0.508 e. The van der Waals surface area contributed by atoms with E-state index in [-0.39, 0.29) is 0 Å². The molecule has 0 aliphatic heterocycles. The van der Waals surface area contributed by atoms with Crippen LogP contribution in [0.25, 0.3) is 0 Å². The monoisotopic (exact) mass is 262 g/mol. The van der Waals surface area contributed by atoms with Gasteiger partial charge in [0.1, 0.15) is 6.61 Å². The molecule has 3 nitrogen and oxygen atoms in total. The summed E-state index contributed by atoms with van der Waals surface area (Å²) in [5.41, 5.74) is 5.34. The highest BCUT2D eigenvalue weighted by Gasteiger charge is 2.14. The number of unbranched alkanes of at least 4 members (excludes halogenated alkanes) is 7. The lowest BCUT2D eigenvalue weighted by molar-refractivity contribution is 0.315. The second-order valence-corrected chi connectivity index (χ2v) is 5.88. The summed E-state index contributed by atoms with van der Waals surface area (Å²) < 4.78 is 16.5. The van der Waals surface area contributed by atoms with Crippen molar-refractivity contribution in [2.75, 3.05) is 19.3 Å². The zero-order chi connectivity index (χ0) is 12.8. The summed E-state index contributed by atoms with van der Waals surface area (Å²) in [6.07, 6.45) is 11.7. The minimum Gasteiger partial charge on any atom is -0.330 e. The summed E-state index contributed by atoms with van der Waals surface area (Å²) in [6.45, 7) is 3.49. The van der Waals surface area contributed by atoms with E-state index in [0.717, 1.165) is 12.8 Å². The Bertz CT molecular complexity index is 177. The normalized spacial score (nSPS) is 11.8. The molecular weight excluding hydrogens is 233 g/mol. The molecule has 0 rings (SSSR count). The van der Waals surface area contributed by atoms with Crippen molar-refractivity contribution >= 4 is 8.03 Å². The van der Waals surface area contributed by atoms with Gasteiger partial charge in [0.15, 0.2) is 6.16 Å². The van der Waals surface area contributed by atoms with Crippen LogP contribution in [-0.4, -0.2) is 19.3 Å². The van der Waals surface area contributed by atoms with Crippen LogP contribution in [-0.2, 0) is 9.09 Å². The Kier molecular flexibility index (Phi) is 14.1. The van der Waals surface area contributed by atoms with Gasteiger partial charge < -0.3 is 5.73 Å². The highest BCUT2D eigenvalue weighted by atomic mass is 31.1. The molecule has 0 saturated carbocycles. The maximum absolute atomic E-state index is 11.3. The second-order valence-electron chi connectivity index (χ2n) is 4.51. The van der Waals surface area contributed by atoms with Crippen LogP contribution in [0, 0.1) is 0 Å². The van der Waals surface area contributed by atoms with Crippen molar-refractivity contribution in [2.45, 2.75) is 64.7 Å². The van der Waals surface area contributed by atoms with Crippen LogP contribution in [0.5, 0.6) is 0 Å². The molecule has 0 aromatic rings. The van der Waals surface area contributed by atoms with Crippen LogP contribution >= 0.6 is 8.03 Å². The molecule has 0 aliphatic rings. The number of hydrogen-bond donors (Lipinski definition) is 1. The first-order valence-electron chi connectivity index (χ1n) is 7.09. The molecule has 0 bridgehead atoms. The largest absolute Gasteiger partial charge is 0.508 e. The molecule has 0 amide bonds. The highest BCUT2D eigenvalue weighted by Crippen LogP contribution is 2.23. The first kappa shape index (κ1) is 17.0. The van der Waals surface area contributed by atoms with Gasteiger partial charge in [0, 0.05) is 6.42 Å². The van der Waals surface area contributed by atoms with Crippen molar-refractivity contribution in [1.82, 2.24) is 0 Å². The number of nitrogens with two attached hydrogens (primary N) is 1. The smallest absolute Gasteiger partial charge is 0.330 e. The Balaban J connectivity index is 3.05. The van der Waals surface area contributed by atoms with Crippen molar-refractivity contribution < 1.29 is 9.09 Å². The molecule has 0 saturated heterocycles. The van der Waals surface area contributed by atoms with E-state index >= 15 is 0 Å². The minimum absolute atomic E-state index is 0.599. The van der Waals surface area contributed by atoms with Gasteiger partial charge in [0.2, 0.25) is 0 Å². The van der Waals surface area contributed by atoms with Crippen LogP contribution in [0.15, 0.2) is 0 Å². The average Bonchev–Trinajstić information content (AvgIpc) is 2.34. The molecule has 2 N–H and O–H groups in total. The Labute approximate surface area is 107 Å². The van der Waals surface area contributed by atoms with Crippen LogP contribution in [0.3, 0.4) is 0 Å². The molecule has 102 valence electrons. The molecule has 1 unspecified atom stereocenters. The quantitative estimate of drug-likeness (QED) is 0.399. The minimum atomic E-state index is -1.45. The van der Waals surface area contributed by atoms with Gasteiger partial charge in [-0.15, -0.1) is 4.52 Å². The van der Waals surface area contributed by atoms with Gasteiger partial charge in [-0.1, -0.05) is 51.9 Å². The summed E-state index contributed by atoms with van der Waals surface area (Å²) in [5.74, 6) is 0. The van der Waals surface area contributed by atoms with Gasteiger partial charge in [-0.05, 0) is 17.5 Å². The lowest BCUT2D eigenvalue weighted by Gasteiger charge is -1.99. The predicted octanol–water partition coefficient (Wildman–Crippen LogP) is 4.23. The van der Waals surface area contributed by atoms with Gasteiger partial charge >= 0.3 is 8.03 Å². The summed E-state index contributed by atoms with van der Waals surface area (Å²) in [7, 11) is -1.45. The van der Waals surface area contributed by atoms with Gasteiger partial charge in [-0.25, -0.2) is 0 Å². The summed E-state index contributed by atoms with van der Waals surface area (Å²) in [6, 6.07) is 0. The standard InChI is InChI=1S/C13H29NO2P/c1-2-3-4-5-6-7-8-9-12-16-17(15)13-10-11-14/h2-14H2,1H3/q+1. The fourth-order valence-corrected chi connectivity index (χ4v) is 2.59. The van der Waals surface area contributed by atoms with E-state index in [0.29, 0.717) is 19.3 Å². The molecular formula is C13H29NO2P+. The van der Waals surface area contributed by atoms with E-state index in [4.69, 9.17) is 10.3 Å². The lowest BCUT2D eigenvalue weighted by Crippen LogP contribution is -2.00.